The van der Waals surface area contributed by atoms with Crippen LogP contribution < -0.4 is 15.4 Å². The Balaban J connectivity index is 1.85. The molecule has 144 valence electrons. The van der Waals surface area contributed by atoms with Gasteiger partial charge in [-0.2, -0.15) is 13.2 Å². The molecule has 0 fully saturated rings. The van der Waals surface area contributed by atoms with Crippen molar-refractivity contribution in [3.8, 4) is 5.75 Å². The van der Waals surface area contributed by atoms with Crippen molar-refractivity contribution < 1.29 is 27.5 Å². The van der Waals surface area contributed by atoms with Gasteiger partial charge in [-0.15, -0.1) is 0 Å². The molecule has 0 saturated carbocycles. The molecule has 2 rings (SSSR count). The molecule has 2 amide bonds. The zero-order valence-corrected chi connectivity index (χ0v) is 14.6. The van der Waals surface area contributed by atoms with Gasteiger partial charge in [-0.25, -0.2) is 0 Å². The number of benzene rings is 2. The van der Waals surface area contributed by atoms with Crippen molar-refractivity contribution in [1.29, 1.82) is 0 Å². The van der Waals surface area contributed by atoms with Crippen LogP contribution in [0.2, 0.25) is 0 Å². The van der Waals surface area contributed by atoms with Gasteiger partial charge in [-0.05, 0) is 30.2 Å². The summed E-state index contributed by atoms with van der Waals surface area (Å²) >= 11 is 0. The highest BCUT2D eigenvalue weighted by Crippen LogP contribution is 2.34. The molecule has 0 saturated heterocycles. The fourth-order valence-electron chi connectivity index (χ4n) is 2.49. The lowest BCUT2D eigenvalue weighted by Crippen LogP contribution is -2.30. The van der Waals surface area contributed by atoms with Gasteiger partial charge in [0.15, 0.2) is 0 Å². The van der Waals surface area contributed by atoms with Crippen molar-refractivity contribution in [3.05, 3.63) is 59.7 Å². The predicted octanol–water partition coefficient (Wildman–Crippen LogP) is 3.40. The van der Waals surface area contributed by atoms with Gasteiger partial charge in [0.05, 0.1) is 18.4 Å². The number of carbonyl (C=O) groups excluding carboxylic acids is 2. The third-order valence-electron chi connectivity index (χ3n) is 3.74. The molecule has 5 nitrogen and oxygen atoms in total. The number of hydrogen-bond donors (Lipinski definition) is 2. The number of methoxy groups -OCH3 is 1. The first-order chi connectivity index (χ1) is 12.8. The number of para-hydroxylation sites is 2. The molecule has 0 atom stereocenters. The lowest BCUT2D eigenvalue weighted by molar-refractivity contribution is -0.137. The Bertz CT molecular complexity index is 807. The van der Waals surface area contributed by atoms with E-state index in [0.29, 0.717) is 12.2 Å². The topological polar surface area (TPSA) is 67.4 Å². The van der Waals surface area contributed by atoms with Gasteiger partial charge in [0, 0.05) is 6.54 Å². The summed E-state index contributed by atoms with van der Waals surface area (Å²) in [6, 6.07) is 11.9. The Morgan fingerprint density at radius 2 is 1.67 bits per heavy atom. The van der Waals surface area contributed by atoms with E-state index in [0.717, 1.165) is 17.7 Å². The van der Waals surface area contributed by atoms with Crippen molar-refractivity contribution in [1.82, 2.24) is 5.32 Å². The highest BCUT2D eigenvalue weighted by atomic mass is 19.4. The highest BCUT2D eigenvalue weighted by molar-refractivity contribution is 6.03. The zero-order chi connectivity index (χ0) is 19.9. The number of hydrogen-bond acceptors (Lipinski definition) is 3. The summed E-state index contributed by atoms with van der Waals surface area (Å²) in [5, 5.41) is 4.70. The molecule has 2 aromatic rings. The van der Waals surface area contributed by atoms with E-state index in [1.165, 1.54) is 12.1 Å². The number of alkyl halides is 3. The van der Waals surface area contributed by atoms with Crippen LogP contribution in [0, 0.1) is 0 Å². The lowest BCUT2D eigenvalue weighted by atomic mass is 10.1. The summed E-state index contributed by atoms with van der Waals surface area (Å²) in [6.45, 7) is 0.269. The Kier molecular flexibility index (Phi) is 6.81. The van der Waals surface area contributed by atoms with Gasteiger partial charge in [0.1, 0.15) is 12.2 Å². The minimum absolute atomic E-state index is 0.269. The van der Waals surface area contributed by atoms with Crippen LogP contribution in [0.5, 0.6) is 5.75 Å². The fraction of sp³-hybridized carbons (Fsp3) is 0.263. The monoisotopic (exact) mass is 380 g/mol. The number of amides is 2. The summed E-state index contributed by atoms with van der Waals surface area (Å²) in [5.41, 5.74) is -0.449. The van der Waals surface area contributed by atoms with Gasteiger partial charge < -0.3 is 15.4 Å². The first-order valence-electron chi connectivity index (χ1n) is 8.16. The Morgan fingerprint density at radius 3 is 2.37 bits per heavy atom. The molecular formula is C19H19F3N2O3. The standard InChI is InChI=1S/C19H19F3N2O3/c1-27-16-9-5-2-6-13(16)10-11-23-17(25)12-18(26)24-15-8-4-3-7-14(15)19(20,21)22/h2-9H,10-12H2,1H3,(H,23,25)(H,24,26). The van der Waals surface area contributed by atoms with Crippen molar-refractivity contribution in [2.24, 2.45) is 0 Å². The maximum Gasteiger partial charge on any atom is 0.418 e. The molecule has 0 bridgehead atoms. The van der Waals surface area contributed by atoms with Gasteiger partial charge in [-0.1, -0.05) is 30.3 Å². The first-order valence-corrected chi connectivity index (χ1v) is 8.16. The van der Waals surface area contributed by atoms with E-state index in [9.17, 15) is 22.8 Å². The van der Waals surface area contributed by atoms with E-state index in [1.807, 2.05) is 18.2 Å². The van der Waals surface area contributed by atoms with Gasteiger partial charge in [0.2, 0.25) is 11.8 Å². The van der Waals surface area contributed by atoms with E-state index < -0.39 is 30.0 Å². The minimum Gasteiger partial charge on any atom is -0.496 e. The maximum atomic E-state index is 12.9. The molecule has 2 aromatic carbocycles. The van der Waals surface area contributed by atoms with Crippen LogP contribution in [0.4, 0.5) is 18.9 Å². The van der Waals surface area contributed by atoms with Crippen LogP contribution in [0.15, 0.2) is 48.5 Å². The lowest BCUT2D eigenvalue weighted by Gasteiger charge is -2.13. The summed E-state index contributed by atoms with van der Waals surface area (Å²) in [4.78, 5) is 23.7. The first kappa shape index (κ1) is 20.3. The van der Waals surface area contributed by atoms with Crippen LogP contribution in [0.3, 0.4) is 0 Å². The number of halogens is 3. The van der Waals surface area contributed by atoms with Gasteiger partial charge in [-0.3, -0.25) is 9.59 Å². The Morgan fingerprint density at radius 1 is 1.00 bits per heavy atom. The van der Waals surface area contributed by atoms with Crippen molar-refractivity contribution in [2.45, 2.75) is 19.0 Å². The quantitative estimate of drug-likeness (QED) is 0.724. The second-order valence-electron chi connectivity index (χ2n) is 5.68. The van der Waals surface area contributed by atoms with E-state index in [2.05, 4.69) is 10.6 Å². The molecule has 0 unspecified atom stereocenters. The normalized spacial score (nSPS) is 11.0. The summed E-state index contributed by atoms with van der Waals surface area (Å²) in [5.74, 6) is -0.707. The number of carbonyl (C=O) groups is 2. The van der Waals surface area contributed by atoms with Gasteiger partial charge >= 0.3 is 6.18 Å². The van der Waals surface area contributed by atoms with Crippen LogP contribution in [-0.4, -0.2) is 25.5 Å². The fourth-order valence-corrected chi connectivity index (χ4v) is 2.49. The van der Waals surface area contributed by atoms with E-state index in [4.69, 9.17) is 4.74 Å². The molecule has 2 N–H and O–H groups in total. The molecule has 0 radical (unpaired) electrons. The minimum atomic E-state index is -4.60. The average Bonchev–Trinajstić information content (AvgIpc) is 2.61. The molecule has 0 aromatic heterocycles. The summed E-state index contributed by atoms with van der Waals surface area (Å²) in [6.07, 6.45) is -4.67. The summed E-state index contributed by atoms with van der Waals surface area (Å²) in [7, 11) is 1.54. The smallest absolute Gasteiger partial charge is 0.418 e. The van der Waals surface area contributed by atoms with E-state index in [-0.39, 0.29) is 12.2 Å². The Hall–Kier alpha value is -3.03. The molecule has 0 heterocycles. The molecule has 8 heteroatoms. The molecule has 0 aliphatic heterocycles. The average molecular weight is 380 g/mol. The van der Waals surface area contributed by atoms with E-state index in [1.54, 1.807) is 13.2 Å². The Labute approximate surface area is 154 Å². The third-order valence-corrected chi connectivity index (χ3v) is 3.74. The third kappa shape index (κ3) is 6.02. The number of ether oxygens (including phenoxy) is 1. The molecule has 27 heavy (non-hydrogen) atoms. The number of nitrogens with one attached hydrogen (secondary N) is 2. The van der Waals surface area contributed by atoms with E-state index >= 15 is 0 Å². The number of rotatable bonds is 7. The van der Waals surface area contributed by atoms with Crippen LogP contribution in [0.25, 0.3) is 0 Å². The largest absolute Gasteiger partial charge is 0.496 e. The molecule has 0 aliphatic carbocycles. The van der Waals surface area contributed by atoms with Crippen LogP contribution in [0.1, 0.15) is 17.5 Å². The van der Waals surface area contributed by atoms with Crippen LogP contribution >= 0.6 is 0 Å². The SMILES string of the molecule is COc1ccccc1CCNC(=O)CC(=O)Nc1ccccc1C(F)(F)F. The van der Waals surface area contributed by atoms with Crippen molar-refractivity contribution >= 4 is 17.5 Å². The second kappa shape index (κ2) is 9.07. The van der Waals surface area contributed by atoms with Crippen LogP contribution in [-0.2, 0) is 22.2 Å². The second-order valence-corrected chi connectivity index (χ2v) is 5.68. The molecule has 0 spiro atoms. The van der Waals surface area contributed by atoms with Gasteiger partial charge in [0.25, 0.3) is 0 Å². The summed E-state index contributed by atoms with van der Waals surface area (Å²) < 4.78 is 43.9. The van der Waals surface area contributed by atoms with Crippen molar-refractivity contribution in [2.75, 3.05) is 19.0 Å². The molecule has 0 aliphatic rings. The predicted molar refractivity (Wildman–Crippen MR) is 94.4 cm³/mol. The zero-order valence-electron chi connectivity index (χ0n) is 14.6. The highest BCUT2D eigenvalue weighted by Gasteiger charge is 2.33. The van der Waals surface area contributed by atoms with Crippen molar-refractivity contribution in [3.63, 3.8) is 0 Å². The molecular weight excluding hydrogens is 361 g/mol. The number of anilines is 1. The maximum absolute atomic E-state index is 12.9.